The lowest BCUT2D eigenvalue weighted by Crippen LogP contribution is -2.61. The third kappa shape index (κ3) is 27.8. The van der Waals surface area contributed by atoms with Crippen LogP contribution in [0.15, 0.2) is 12.2 Å². The number of unbranched alkanes of at least 4 members (excludes halogenated alkanes) is 27. The summed E-state index contributed by atoms with van der Waals surface area (Å²) in [5.74, 6) is -0.377. The lowest BCUT2D eigenvalue weighted by atomic mass is 9.98. The van der Waals surface area contributed by atoms with Gasteiger partial charge in [-0.25, -0.2) is 0 Å². The summed E-state index contributed by atoms with van der Waals surface area (Å²) in [4.78, 5) is 13.0. The van der Waals surface area contributed by atoms with Crippen LogP contribution in [-0.4, -0.2) is 142 Å². The molecule has 14 heteroatoms. The zero-order chi connectivity index (χ0) is 48.0. The molecule has 0 aliphatic carbocycles. The standard InChI is InChI=1S/C52H98O14/c1-3-5-7-9-11-13-15-17-19-20-21-22-23-25-27-29-31-33-35-44(54)64-41(38-61-36-34-32-30-28-26-24-18-16-14-12-10-8-6-4-2)39-62-51-50(60)48(58)46(56)43(66-51)40-63-52-49(59)47(57)45(55)42(37-53)65-52/h19-20,41-43,45-53,55-60H,3-18,21-40H2,1-2H3/b20-19-. The first-order valence-electron chi connectivity index (χ1n) is 26.8. The van der Waals surface area contributed by atoms with E-state index >= 15 is 0 Å². The summed E-state index contributed by atoms with van der Waals surface area (Å²) >= 11 is 0. The van der Waals surface area contributed by atoms with E-state index in [9.17, 15) is 40.5 Å². The Bertz CT molecular complexity index is 1140. The van der Waals surface area contributed by atoms with Crippen molar-refractivity contribution >= 4 is 5.97 Å². The molecule has 2 rings (SSSR count). The number of carbonyl (C=O) groups is 1. The summed E-state index contributed by atoms with van der Waals surface area (Å²) in [6.45, 7) is 3.72. The highest BCUT2D eigenvalue weighted by Crippen LogP contribution is 2.26. The van der Waals surface area contributed by atoms with Crippen LogP contribution in [0.5, 0.6) is 0 Å². The molecular formula is C52H98O14. The van der Waals surface area contributed by atoms with E-state index in [2.05, 4.69) is 26.0 Å². The number of esters is 1. The summed E-state index contributed by atoms with van der Waals surface area (Å²) in [5, 5.41) is 72.1. The number of aliphatic hydroxyl groups is 7. The van der Waals surface area contributed by atoms with Crippen molar-refractivity contribution < 1.29 is 69.0 Å². The summed E-state index contributed by atoms with van der Waals surface area (Å²) in [6.07, 6.45) is 25.5. The molecule has 0 spiro atoms. The van der Waals surface area contributed by atoms with Crippen LogP contribution >= 0.6 is 0 Å². The van der Waals surface area contributed by atoms with Gasteiger partial charge in [0, 0.05) is 13.0 Å². The van der Waals surface area contributed by atoms with Gasteiger partial charge in [0.15, 0.2) is 12.6 Å². The minimum Gasteiger partial charge on any atom is -0.457 e. The first kappa shape index (κ1) is 60.9. The Morgan fingerprint density at radius 1 is 0.485 bits per heavy atom. The molecule has 0 radical (unpaired) electrons. The summed E-state index contributed by atoms with van der Waals surface area (Å²) in [5.41, 5.74) is 0. The number of hydrogen-bond donors (Lipinski definition) is 7. The number of carbonyl (C=O) groups excluding carboxylic acids is 1. The normalized spacial score (nSPS) is 26.3. The Balaban J connectivity index is 1.75. The molecule has 11 atom stereocenters. The highest BCUT2D eigenvalue weighted by molar-refractivity contribution is 5.69. The van der Waals surface area contributed by atoms with Gasteiger partial charge in [-0.05, 0) is 38.5 Å². The minimum atomic E-state index is -1.70. The molecule has 2 aliphatic heterocycles. The minimum absolute atomic E-state index is 0.0656. The molecule has 66 heavy (non-hydrogen) atoms. The highest BCUT2D eigenvalue weighted by atomic mass is 16.7. The average Bonchev–Trinajstić information content (AvgIpc) is 3.31. The van der Waals surface area contributed by atoms with Crippen LogP contribution in [0.4, 0.5) is 0 Å². The summed E-state index contributed by atoms with van der Waals surface area (Å²) < 4.78 is 34.3. The maximum atomic E-state index is 13.0. The topological polar surface area (TPSA) is 214 Å². The Morgan fingerprint density at radius 2 is 0.894 bits per heavy atom. The number of aliphatic hydroxyl groups excluding tert-OH is 7. The first-order valence-corrected chi connectivity index (χ1v) is 26.8. The number of hydrogen-bond acceptors (Lipinski definition) is 14. The molecule has 0 bridgehead atoms. The molecule has 11 unspecified atom stereocenters. The molecule has 0 aromatic carbocycles. The van der Waals surface area contributed by atoms with Crippen molar-refractivity contribution in [3.05, 3.63) is 12.2 Å². The smallest absolute Gasteiger partial charge is 0.306 e. The molecule has 0 saturated carbocycles. The Hall–Kier alpha value is -1.27. The van der Waals surface area contributed by atoms with Crippen molar-refractivity contribution in [2.75, 3.05) is 33.0 Å². The van der Waals surface area contributed by atoms with E-state index in [4.69, 9.17) is 28.4 Å². The predicted octanol–water partition coefficient (Wildman–Crippen LogP) is 8.24. The molecule has 0 aromatic rings. The average molecular weight is 947 g/mol. The highest BCUT2D eigenvalue weighted by Gasteiger charge is 2.47. The Morgan fingerprint density at radius 3 is 1.38 bits per heavy atom. The van der Waals surface area contributed by atoms with Gasteiger partial charge >= 0.3 is 5.97 Å². The third-order valence-electron chi connectivity index (χ3n) is 13.0. The number of allylic oxidation sites excluding steroid dienone is 2. The molecular weight excluding hydrogens is 849 g/mol. The van der Waals surface area contributed by atoms with Crippen molar-refractivity contribution in [3.63, 3.8) is 0 Å². The van der Waals surface area contributed by atoms with E-state index in [1.54, 1.807) is 0 Å². The SMILES string of the molecule is CCCCCCCCC/C=C\CCCCCCCCCC(=O)OC(COCCCCCCCCCCCCCCCC)COC1OC(COC2OC(CO)C(O)C(O)C2O)C(O)C(O)C1O. The van der Waals surface area contributed by atoms with Crippen molar-refractivity contribution in [1.82, 2.24) is 0 Å². The number of ether oxygens (including phenoxy) is 6. The van der Waals surface area contributed by atoms with E-state index in [0.717, 1.165) is 44.9 Å². The van der Waals surface area contributed by atoms with Gasteiger partial charge < -0.3 is 64.2 Å². The molecule has 0 aromatic heterocycles. The van der Waals surface area contributed by atoms with Gasteiger partial charge in [0.25, 0.3) is 0 Å². The molecule has 2 aliphatic rings. The molecule has 2 saturated heterocycles. The molecule has 390 valence electrons. The maximum Gasteiger partial charge on any atom is 0.306 e. The zero-order valence-corrected chi connectivity index (χ0v) is 41.4. The largest absolute Gasteiger partial charge is 0.457 e. The lowest BCUT2D eigenvalue weighted by Gasteiger charge is -2.42. The molecule has 14 nitrogen and oxygen atoms in total. The van der Waals surface area contributed by atoms with Gasteiger partial charge in [-0.15, -0.1) is 0 Å². The number of rotatable bonds is 43. The Labute approximate surface area is 399 Å². The quantitative estimate of drug-likeness (QED) is 0.0174. The molecule has 0 amide bonds. The van der Waals surface area contributed by atoms with Crippen molar-refractivity contribution in [2.24, 2.45) is 0 Å². The zero-order valence-electron chi connectivity index (χ0n) is 41.4. The monoisotopic (exact) mass is 947 g/mol. The van der Waals surface area contributed by atoms with Gasteiger partial charge in [-0.3, -0.25) is 4.79 Å². The van der Waals surface area contributed by atoms with E-state index < -0.39 is 80.7 Å². The molecule has 2 heterocycles. The van der Waals surface area contributed by atoms with Crippen LogP contribution < -0.4 is 0 Å². The van der Waals surface area contributed by atoms with Crippen molar-refractivity contribution in [2.45, 2.75) is 280 Å². The molecule has 7 N–H and O–H groups in total. The Kier molecular flexibility index (Phi) is 37.3. The predicted molar refractivity (Wildman–Crippen MR) is 257 cm³/mol. The van der Waals surface area contributed by atoms with Crippen LogP contribution in [0.2, 0.25) is 0 Å². The second-order valence-electron chi connectivity index (χ2n) is 19.1. The third-order valence-corrected chi connectivity index (χ3v) is 13.0. The molecule has 2 fully saturated rings. The van der Waals surface area contributed by atoms with Crippen molar-refractivity contribution in [1.29, 1.82) is 0 Å². The van der Waals surface area contributed by atoms with E-state index in [-0.39, 0.29) is 25.6 Å². The van der Waals surface area contributed by atoms with E-state index in [0.29, 0.717) is 13.0 Å². The van der Waals surface area contributed by atoms with Crippen LogP contribution in [0.3, 0.4) is 0 Å². The van der Waals surface area contributed by atoms with Gasteiger partial charge in [-0.2, -0.15) is 0 Å². The van der Waals surface area contributed by atoms with Gasteiger partial charge in [-0.1, -0.05) is 180 Å². The van der Waals surface area contributed by atoms with Gasteiger partial charge in [0.05, 0.1) is 26.4 Å². The van der Waals surface area contributed by atoms with Crippen molar-refractivity contribution in [3.8, 4) is 0 Å². The summed E-state index contributed by atoms with van der Waals surface area (Å²) in [7, 11) is 0. The van der Waals surface area contributed by atoms with E-state index in [1.165, 1.54) is 141 Å². The maximum absolute atomic E-state index is 13.0. The van der Waals surface area contributed by atoms with Gasteiger partial charge in [0.1, 0.15) is 54.9 Å². The van der Waals surface area contributed by atoms with E-state index in [1.807, 2.05) is 0 Å². The van der Waals surface area contributed by atoms with Crippen LogP contribution in [0, 0.1) is 0 Å². The second-order valence-corrected chi connectivity index (χ2v) is 19.1. The fourth-order valence-corrected chi connectivity index (χ4v) is 8.63. The fraction of sp³-hybridized carbons (Fsp3) is 0.942. The van der Waals surface area contributed by atoms with Gasteiger partial charge in [0.2, 0.25) is 0 Å². The van der Waals surface area contributed by atoms with Crippen LogP contribution in [0.25, 0.3) is 0 Å². The van der Waals surface area contributed by atoms with Crippen LogP contribution in [0.1, 0.15) is 213 Å². The van der Waals surface area contributed by atoms with Crippen LogP contribution in [-0.2, 0) is 33.2 Å². The lowest BCUT2D eigenvalue weighted by molar-refractivity contribution is -0.332. The summed E-state index contributed by atoms with van der Waals surface area (Å²) in [6, 6.07) is 0. The fourth-order valence-electron chi connectivity index (χ4n) is 8.63. The second kappa shape index (κ2) is 40.5. The first-order chi connectivity index (χ1) is 32.1.